The Kier molecular flexibility index (Phi) is 4.62. The highest BCUT2D eigenvalue weighted by molar-refractivity contribution is 9.10. The minimum atomic E-state index is 0.668. The Morgan fingerprint density at radius 3 is 1.59 bits per heavy atom. The van der Waals surface area contributed by atoms with Crippen molar-refractivity contribution in [2.75, 3.05) is 0 Å². The number of benzene rings is 4. The molecule has 0 N–H and O–H groups in total. The Bertz CT molecular complexity index is 1240. The molecule has 3 nitrogen and oxygen atoms in total. The molecule has 0 aliphatic carbocycles. The first kappa shape index (κ1) is 17.7. The van der Waals surface area contributed by atoms with Gasteiger partial charge >= 0.3 is 0 Å². The van der Waals surface area contributed by atoms with Crippen molar-refractivity contribution in [1.29, 1.82) is 0 Å². The lowest BCUT2D eigenvalue weighted by molar-refractivity contribution is 1.08. The minimum absolute atomic E-state index is 0.668. The number of hydrogen-bond donors (Lipinski definition) is 0. The molecule has 0 bridgehead atoms. The molecular weight excluding hydrogens is 422 g/mol. The van der Waals surface area contributed by atoms with Gasteiger partial charge in [-0.1, -0.05) is 107 Å². The van der Waals surface area contributed by atoms with Crippen LogP contribution in [0.25, 0.3) is 44.9 Å². The number of nitrogens with zero attached hydrogens (tertiary/aromatic N) is 3. The zero-order chi connectivity index (χ0) is 19.6. The van der Waals surface area contributed by atoms with Gasteiger partial charge in [-0.2, -0.15) is 0 Å². The third-order valence-corrected chi connectivity index (χ3v) is 5.50. The second-order valence-corrected chi connectivity index (χ2v) is 7.53. The molecule has 138 valence electrons. The fourth-order valence-corrected chi connectivity index (χ4v) is 3.89. The molecule has 0 saturated carbocycles. The summed E-state index contributed by atoms with van der Waals surface area (Å²) < 4.78 is 1.05. The van der Waals surface area contributed by atoms with Gasteiger partial charge in [0.15, 0.2) is 17.5 Å². The van der Waals surface area contributed by atoms with E-state index in [4.69, 9.17) is 15.0 Å². The maximum atomic E-state index is 4.84. The quantitative estimate of drug-likeness (QED) is 0.311. The van der Waals surface area contributed by atoms with E-state index in [1.165, 1.54) is 0 Å². The predicted molar refractivity (Wildman–Crippen MR) is 121 cm³/mol. The number of aromatic nitrogens is 3. The first-order chi connectivity index (χ1) is 14.3. The molecule has 0 aliphatic heterocycles. The van der Waals surface area contributed by atoms with Gasteiger partial charge < -0.3 is 0 Å². The van der Waals surface area contributed by atoms with Crippen LogP contribution < -0.4 is 0 Å². The number of fused-ring (bicyclic) bond motifs is 1. The van der Waals surface area contributed by atoms with Crippen LogP contribution in [-0.2, 0) is 0 Å². The molecule has 0 saturated heterocycles. The molecule has 4 heteroatoms. The van der Waals surface area contributed by atoms with Crippen LogP contribution in [-0.4, -0.2) is 15.0 Å². The van der Waals surface area contributed by atoms with E-state index in [2.05, 4.69) is 34.1 Å². The van der Waals surface area contributed by atoms with Gasteiger partial charge in [0.25, 0.3) is 0 Å². The summed E-state index contributed by atoms with van der Waals surface area (Å²) in [5.74, 6) is 2.00. The summed E-state index contributed by atoms with van der Waals surface area (Å²) in [6.07, 6.45) is 0. The molecular formula is C25H16BrN3. The van der Waals surface area contributed by atoms with Crippen LogP contribution in [0.2, 0.25) is 0 Å². The summed E-state index contributed by atoms with van der Waals surface area (Å²) in [7, 11) is 0. The Balaban J connectivity index is 1.78. The van der Waals surface area contributed by atoms with E-state index in [1.807, 2.05) is 78.9 Å². The largest absolute Gasteiger partial charge is 0.208 e. The van der Waals surface area contributed by atoms with Gasteiger partial charge in [-0.15, -0.1) is 0 Å². The molecule has 0 spiro atoms. The van der Waals surface area contributed by atoms with E-state index in [9.17, 15) is 0 Å². The van der Waals surface area contributed by atoms with Gasteiger partial charge in [0.1, 0.15) is 0 Å². The van der Waals surface area contributed by atoms with Crippen LogP contribution in [0.1, 0.15) is 0 Å². The Hall–Kier alpha value is -3.37. The van der Waals surface area contributed by atoms with Crippen molar-refractivity contribution < 1.29 is 0 Å². The van der Waals surface area contributed by atoms with Crippen LogP contribution in [0.3, 0.4) is 0 Å². The molecule has 0 aliphatic rings. The molecule has 0 unspecified atom stereocenters. The van der Waals surface area contributed by atoms with Crippen molar-refractivity contribution in [3.63, 3.8) is 0 Å². The standard InChI is InChI=1S/C25H16BrN3/c26-22-16-8-13-19-20(22)14-7-15-21(19)25-28-23(17-9-3-1-4-10-17)27-24(29-25)18-11-5-2-6-12-18/h1-16H. The Labute approximate surface area is 177 Å². The molecule has 4 aromatic carbocycles. The maximum absolute atomic E-state index is 4.84. The molecule has 0 atom stereocenters. The highest BCUT2D eigenvalue weighted by Crippen LogP contribution is 2.32. The summed E-state index contributed by atoms with van der Waals surface area (Å²) in [5.41, 5.74) is 2.92. The van der Waals surface area contributed by atoms with Gasteiger partial charge in [0.05, 0.1) is 0 Å². The average molecular weight is 438 g/mol. The third kappa shape index (κ3) is 3.43. The molecule has 0 fully saturated rings. The number of halogens is 1. The Morgan fingerprint density at radius 1 is 0.448 bits per heavy atom. The van der Waals surface area contributed by atoms with Crippen LogP contribution in [0.15, 0.2) is 102 Å². The summed E-state index contributed by atoms with van der Waals surface area (Å²) in [6, 6.07) is 32.4. The maximum Gasteiger partial charge on any atom is 0.164 e. The van der Waals surface area contributed by atoms with Crippen molar-refractivity contribution in [2.24, 2.45) is 0 Å². The number of rotatable bonds is 3. The summed E-state index contributed by atoms with van der Waals surface area (Å²) in [6.45, 7) is 0. The molecule has 5 aromatic rings. The van der Waals surface area contributed by atoms with Crippen molar-refractivity contribution in [3.8, 4) is 34.2 Å². The molecule has 1 aromatic heterocycles. The van der Waals surface area contributed by atoms with Gasteiger partial charge in [-0.05, 0) is 16.8 Å². The van der Waals surface area contributed by atoms with Crippen LogP contribution in [0.4, 0.5) is 0 Å². The average Bonchev–Trinajstić information content (AvgIpc) is 2.80. The normalized spacial score (nSPS) is 10.9. The predicted octanol–water partition coefficient (Wildman–Crippen LogP) is 6.79. The van der Waals surface area contributed by atoms with E-state index in [0.29, 0.717) is 17.5 Å². The Morgan fingerprint density at radius 2 is 0.966 bits per heavy atom. The highest BCUT2D eigenvalue weighted by atomic mass is 79.9. The summed E-state index contributed by atoms with van der Waals surface area (Å²) >= 11 is 3.65. The first-order valence-corrected chi connectivity index (χ1v) is 10.1. The van der Waals surface area contributed by atoms with Crippen molar-refractivity contribution in [1.82, 2.24) is 15.0 Å². The van der Waals surface area contributed by atoms with E-state index < -0.39 is 0 Å². The van der Waals surface area contributed by atoms with Gasteiger partial charge in [-0.25, -0.2) is 15.0 Å². The molecule has 5 rings (SSSR count). The fourth-order valence-electron chi connectivity index (χ4n) is 3.40. The van der Waals surface area contributed by atoms with Crippen LogP contribution in [0, 0.1) is 0 Å². The smallest absolute Gasteiger partial charge is 0.164 e. The molecule has 29 heavy (non-hydrogen) atoms. The molecule has 0 amide bonds. The van der Waals surface area contributed by atoms with Crippen molar-refractivity contribution >= 4 is 26.7 Å². The van der Waals surface area contributed by atoms with Gasteiger partial charge in [0, 0.05) is 21.2 Å². The molecule has 0 radical (unpaired) electrons. The SMILES string of the molecule is Brc1cccc2c(-c3nc(-c4ccccc4)nc(-c4ccccc4)n3)cccc12. The zero-order valence-corrected chi connectivity index (χ0v) is 17.0. The lowest BCUT2D eigenvalue weighted by Crippen LogP contribution is -2.00. The highest BCUT2D eigenvalue weighted by Gasteiger charge is 2.14. The van der Waals surface area contributed by atoms with E-state index in [0.717, 1.165) is 31.9 Å². The van der Waals surface area contributed by atoms with Crippen LogP contribution in [0.5, 0.6) is 0 Å². The van der Waals surface area contributed by atoms with E-state index in [-0.39, 0.29) is 0 Å². The number of hydrogen-bond acceptors (Lipinski definition) is 3. The van der Waals surface area contributed by atoms with Crippen molar-refractivity contribution in [2.45, 2.75) is 0 Å². The zero-order valence-electron chi connectivity index (χ0n) is 15.5. The van der Waals surface area contributed by atoms with Gasteiger partial charge in [-0.3, -0.25) is 0 Å². The fraction of sp³-hybridized carbons (Fsp3) is 0. The van der Waals surface area contributed by atoms with Gasteiger partial charge in [0.2, 0.25) is 0 Å². The second-order valence-electron chi connectivity index (χ2n) is 6.68. The van der Waals surface area contributed by atoms with Crippen molar-refractivity contribution in [3.05, 3.63) is 102 Å². The van der Waals surface area contributed by atoms with E-state index >= 15 is 0 Å². The third-order valence-electron chi connectivity index (χ3n) is 4.81. The summed E-state index contributed by atoms with van der Waals surface area (Å²) in [4.78, 5) is 14.4. The summed E-state index contributed by atoms with van der Waals surface area (Å²) in [5, 5.41) is 2.24. The lowest BCUT2D eigenvalue weighted by Gasteiger charge is -2.10. The van der Waals surface area contributed by atoms with E-state index in [1.54, 1.807) is 0 Å². The molecule has 1 heterocycles. The minimum Gasteiger partial charge on any atom is -0.208 e. The lowest BCUT2D eigenvalue weighted by atomic mass is 10.0. The monoisotopic (exact) mass is 437 g/mol. The topological polar surface area (TPSA) is 38.7 Å². The first-order valence-electron chi connectivity index (χ1n) is 9.34. The van der Waals surface area contributed by atoms with Crippen LogP contribution >= 0.6 is 15.9 Å². The second kappa shape index (κ2) is 7.57.